The van der Waals surface area contributed by atoms with Gasteiger partial charge in [0, 0.05) is 6.42 Å². The van der Waals surface area contributed by atoms with Crippen molar-refractivity contribution in [2.75, 3.05) is 6.54 Å². The predicted molar refractivity (Wildman–Crippen MR) is 70.3 cm³/mol. The Morgan fingerprint density at radius 1 is 1.21 bits per heavy atom. The van der Waals surface area contributed by atoms with Crippen molar-refractivity contribution in [1.29, 1.82) is 0 Å². The second-order valence-electron chi connectivity index (χ2n) is 6.33. The van der Waals surface area contributed by atoms with Gasteiger partial charge in [0.1, 0.15) is 6.54 Å². The minimum atomic E-state index is -1.15. The van der Waals surface area contributed by atoms with Crippen molar-refractivity contribution >= 4 is 17.8 Å². The molecule has 5 nitrogen and oxygen atoms in total. The highest BCUT2D eigenvalue weighted by Crippen LogP contribution is 2.43. The van der Waals surface area contributed by atoms with Gasteiger partial charge in [0.15, 0.2) is 0 Å². The van der Waals surface area contributed by atoms with E-state index in [1.54, 1.807) is 0 Å². The average Bonchev–Trinajstić information content (AvgIpc) is 2.40. The second kappa shape index (κ2) is 5.72. The lowest BCUT2D eigenvalue weighted by molar-refractivity contribution is -0.150. The van der Waals surface area contributed by atoms with E-state index in [-0.39, 0.29) is 18.2 Å². The first kappa shape index (κ1) is 15.7. The van der Waals surface area contributed by atoms with Gasteiger partial charge in [-0.2, -0.15) is 0 Å². The zero-order valence-corrected chi connectivity index (χ0v) is 12.1. The van der Waals surface area contributed by atoms with Crippen LogP contribution in [-0.2, 0) is 14.4 Å². The highest BCUT2D eigenvalue weighted by molar-refractivity contribution is 6.07. The lowest BCUT2D eigenvalue weighted by Gasteiger charge is -2.30. The Kier molecular flexibility index (Phi) is 4.71. The third kappa shape index (κ3) is 3.55. The number of rotatable bonds is 6. The summed E-state index contributed by atoms with van der Waals surface area (Å²) in [6.07, 6.45) is 1.41. The number of carbonyl (C=O) groups is 3. The Hall–Kier alpha value is -1.39. The van der Waals surface area contributed by atoms with Gasteiger partial charge in [-0.25, -0.2) is 0 Å². The van der Waals surface area contributed by atoms with Crippen LogP contribution in [0.2, 0.25) is 0 Å². The number of carboxylic acids is 1. The Morgan fingerprint density at radius 3 is 2.05 bits per heavy atom. The monoisotopic (exact) mass is 269 g/mol. The standard InChI is InChI=1S/C14H23NO4/c1-9(2)5-14(6-10(3)4)7-11(16)15(13(14)19)8-12(17)18/h9-10H,5-8H2,1-4H3,(H,17,18). The van der Waals surface area contributed by atoms with Crippen molar-refractivity contribution in [3.05, 3.63) is 0 Å². The van der Waals surface area contributed by atoms with Crippen molar-refractivity contribution in [3.8, 4) is 0 Å². The number of amides is 2. The molecule has 1 aliphatic heterocycles. The molecule has 0 radical (unpaired) electrons. The predicted octanol–water partition coefficient (Wildman–Crippen LogP) is 1.91. The molecule has 0 aromatic rings. The van der Waals surface area contributed by atoms with E-state index in [0.717, 1.165) is 4.90 Å². The lowest BCUT2D eigenvalue weighted by Crippen LogP contribution is -2.40. The van der Waals surface area contributed by atoms with Crippen LogP contribution < -0.4 is 0 Å². The Morgan fingerprint density at radius 2 is 1.68 bits per heavy atom. The van der Waals surface area contributed by atoms with Crippen LogP contribution in [0.4, 0.5) is 0 Å². The van der Waals surface area contributed by atoms with Crippen LogP contribution in [0.3, 0.4) is 0 Å². The van der Waals surface area contributed by atoms with Crippen LogP contribution in [0.5, 0.6) is 0 Å². The Balaban J connectivity index is 3.02. The zero-order chi connectivity index (χ0) is 14.8. The summed E-state index contributed by atoms with van der Waals surface area (Å²) in [6, 6.07) is 0. The van der Waals surface area contributed by atoms with E-state index >= 15 is 0 Å². The van der Waals surface area contributed by atoms with Gasteiger partial charge in [0.2, 0.25) is 11.8 Å². The minimum Gasteiger partial charge on any atom is -0.480 e. The quantitative estimate of drug-likeness (QED) is 0.747. The lowest BCUT2D eigenvalue weighted by atomic mass is 9.73. The molecule has 0 aromatic carbocycles. The van der Waals surface area contributed by atoms with E-state index in [4.69, 9.17) is 5.11 Å². The molecule has 0 unspecified atom stereocenters. The van der Waals surface area contributed by atoms with E-state index in [0.29, 0.717) is 24.7 Å². The fourth-order valence-corrected chi connectivity index (χ4v) is 3.12. The Labute approximate surface area is 114 Å². The van der Waals surface area contributed by atoms with E-state index in [1.165, 1.54) is 0 Å². The molecule has 1 heterocycles. The summed E-state index contributed by atoms with van der Waals surface area (Å²) in [6.45, 7) is 7.54. The third-order valence-electron chi connectivity index (χ3n) is 3.38. The van der Waals surface area contributed by atoms with Crippen LogP contribution in [0.1, 0.15) is 47.0 Å². The van der Waals surface area contributed by atoms with Gasteiger partial charge in [-0.3, -0.25) is 19.3 Å². The molecule has 0 saturated carbocycles. The number of imide groups is 1. The summed E-state index contributed by atoms with van der Waals surface area (Å²) < 4.78 is 0. The summed E-state index contributed by atoms with van der Waals surface area (Å²) in [7, 11) is 0. The van der Waals surface area contributed by atoms with Crippen LogP contribution in [0.25, 0.3) is 0 Å². The van der Waals surface area contributed by atoms with Crippen molar-refractivity contribution in [3.63, 3.8) is 0 Å². The Bertz CT molecular complexity index is 377. The molecule has 1 fully saturated rings. The normalized spacial score (nSPS) is 18.7. The maximum absolute atomic E-state index is 12.5. The van der Waals surface area contributed by atoms with Gasteiger partial charge < -0.3 is 5.11 Å². The fraction of sp³-hybridized carbons (Fsp3) is 0.786. The number of carbonyl (C=O) groups excluding carboxylic acids is 2. The first-order valence-corrected chi connectivity index (χ1v) is 6.74. The van der Waals surface area contributed by atoms with Crippen molar-refractivity contribution in [2.24, 2.45) is 17.3 Å². The summed E-state index contributed by atoms with van der Waals surface area (Å²) in [5, 5.41) is 8.80. The van der Waals surface area contributed by atoms with Gasteiger partial charge in [0.25, 0.3) is 0 Å². The number of nitrogens with zero attached hydrogens (tertiary/aromatic N) is 1. The summed E-state index contributed by atoms with van der Waals surface area (Å²) in [5.74, 6) is -1.22. The molecule has 1 aliphatic rings. The minimum absolute atomic E-state index is 0.148. The molecule has 0 bridgehead atoms. The topological polar surface area (TPSA) is 74.7 Å². The van der Waals surface area contributed by atoms with Crippen LogP contribution in [-0.4, -0.2) is 34.3 Å². The SMILES string of the molecule is CC(C)CC1(CC(C)C)CC(=O)N(CC(=O)O)C1=O. The summed E-state index contributed by atoms with van der Waals surface area (Å²) in [4.78, 5) is 36.1. The van der Waals surface area contributed by atoms with Gasteiger partial charge >= 0.3 is 5.97 Å². The molecular formula is C14H23NO4. The molecule has 1 saturated heterocycles. The zero-order valence-electron chi connectivity index (χ0n) is 12.1. The molecule has 1 rings (SSSR count). The molecule has 0 spiro atoms. The maximum Gasteiger partial charge on any atom is 0.323 e. The van der Waals surface area contributed by atoms with Crippen molar-refractivity contribution < 1.29 is 19.5 Å². The maximum atomic E-state index is 12.5. The van der Waals surface area contributed by atoms with Gasteiger partial charge in [0.05, 0.1) is 5.41 Å². The van der Waals surface area contributed by atoms with Gasteiger partial charge in [-0.1, -0.05) is 27.7 Å². The number of aliphatic carboxylic acids is 1. The van der Waals surface area contributed by atoms with E-state index in [2.05, 4.69) is 0 Å². The van der Waals surface area contributed by atoms with E-state index in [1.807, 2.05) is 27.7 Å². The largest absolute Gasteiger partial charge is 0.480 e. The van der Waals surface area contributed by atoms with E-state index in [9.17, 15) is 14.4 Å². The summed E-state index contributed by atoms with van der Waals surface area (Å²) >= 11 is 0. The summed E-state index contributed by atoms with van der Waals surface area (Å²) in [5.41, 5.74) is -0.700. The molecule has 0 atom stereocenters. The molecule has 2 amide bonds. The first-order valence-electron chi connectivity index (χ1n) is 6.74. The molecule has 108 valence electrons. The number of likely N-dealkylation sites (tertiary alicyclic amines) is 1. The number of hydrogen-bond donors (Lipinski definition) is 1. The number of hydrogen-bond acceptors (Lipinski definition) is 3. The van der Waals surface area contributed by atoms with Crippen LogP contribution in [0.15, 0.2) is 0 Å². The van der Waals surface area contributed by atoms with E-state index < -0.39 is 17.9 Å². The van der Waals surface area contributed by atoms with Crippen LogP contribution in [0, 0.1) is 17.3 Å². The van der Waals surface area contributed by atoms with Gasteiger partial charge in [-0.05, 0) is 24.7 Å². The van der Waals surface area contributed by atoms with Crippen molar-refractivity contribution in [2.45, 2.75) is 47.0 Å². The molecule has 5 heteroatoms. The highest BCUT2D eigenvalue weighted by Gasteiger charge is 2.51. The smallest absolute Gasteiger partial charge is 0.323 e. The highest BCUT2D eigenvalue weighted by atomic mass is 16.4. The van der Waals surface area contributed by atoms with Crippen molar-refractivity contribution in [1.82, 2.24) is 4.90 Å². The molecule has 1 N–H and O–H groups in total. The first-order chi connectivity index (χ1) is 8.68. The number of carboxylic acid groups (broad SMARTS) is 1. The third-order valence-corrected chi connectivity index (χ3v) is 3.38. The fourth-order valence-electron chi connectivity index (χ4n) is 3.12. The molecular weight excluding hydrogens is 246 g/mol. The van der Waals surface area contributed by atoms with Crippen LogP contribution >= 0.6 is 0 Å². The molecule has 19 heavy (non-hydrogen) atoms. The molecule has 0 aliphatic carbocycles. The average molecular weight is 269 g/mol. The second-order valence-corrected chi connectivity index (χ2v) is 6.33. The van der Waals surface area contributed by atoms with Gasteiger partial charge in [-0.15, -0.1) is 0 Å². The molecule has 0 aromatic heterocycles.